The first kappa shape index (κ1) is 93.6. The highest BCUT2D eigenvalue weighted by Gasteiger charge is 2.27. The van der Waals surface area contributed by atoms with E-state index in [2.05, 4.69) is 149 Å². The van der Waals surface area contributed by atoms with Crippen molar-refractivity contribution in [3.8, 4) is 0 Å². The highest BCUT2D eigenvalue weighted by molar-refractivity contribution is 6.21. The molecule has 0 aromatic rings. The molecule has 9 heteroatoms. The molecule has 0 bridgehead atoms. The number of hydrogen-bond acceptors (Lipinski definition) is 6. The molecule has 4 N–H and O–H groups in total. The van der Waals surface area contributed by atoms with Crippen molar-refractivity contribution in [3.05, 3.63) is 0 Å². The van der Waals surface area contributed by atoms with E-state index in [1.165, 1.54) is 296 Å². The zero-order valence-electron chi connectivity index (χ0n) is 67.5. The fraction of sp³-hybridized carbons (Fsp3) is 1.00. The van der Waals surface area contributed by atoms with E-state index < -0.39 is 0 Å². The largest absolute Gasteiger partial charge is 0.314 e. The summed E-state index contributed by atoms with van der Waals surface area (Å²) in [5.74, 6) is 9.01. The average Bonchev–Trinajstić information content (AvgIpc) is 3.15. The van der Waals surface area contributed by atoms with Gasteiger partial charge in [0.25, 0.3) is 0 Å². The van der Waals surface area contributed by atoms with Crippen LogP contribution >= 0.6 is 34.8 Å². The van der Waals surface area contributed by atoms with Crippen molar-refractivity contribution in [3.63, 3.8) is 0 Å². The Morgan fingerprint density at radius 3 is 1.18 bits per heavy atom. The molecule has 0 heterocycles. The lowest BCUT2D eigenvalue weighted by atomic mass is 9.78. The molecule has 14 unspecified atom stereocenters. The van der Waals surface area contributed by atoms with Gasteiger partial charge >= 0.3 is 0 Å². The Morgan fingerprint density at radius 2 is 0.726 bits per heavy atom. The summed E-state index contributed by atoms with van der Waals surface area (Å²) in [6.45, 7) is 41.0. The van der Waals surface area contributed by atoms with Crippen LogP contribution in [0.2, 0.25) is 0 Å². The van der Waals surface area contributed by atoms with Gasteiger partial charge in [-0.05, 0) is 222 Å². The van der Waals surface area contributed by atoms with E-state index >= 15 is 0 Å². The lowest BCUT2D eigenvalue weighted by Gasteiger charge is -2.29. The summed E-state index contributed by atoms with van der Waals surface area (Å²) in [5.41, 5.74) is 0. The molecule has 0 spiro atoms. The molecule has 0 amide bonds. The third-order valence-corrected chi connectivity index (χ3v) is 25.9. The average molecular weight is 1400 g/mol. The molecule has 0 radical (unpaired) electrons. The minimum absolute atomic E-state index is 0.393. The lowest BCUT2D eigenvalue weighted by molar-refractivity contribution is 0.200. The van der Waals surface area contributed by atoms with Crippen LogP contribution in [-0.2, 0) is 0 Å². The zero-order valence-corrected chi connectivity index (χ0v) is 69.8. The van der Waals surface area contributed by atoms with Gasteiger partial charge in [0.1, 0.15) is 0 Å². The summed E-state index contributed by atoms with van der Waals surface area (Å²) in [6, 6.07) is 4.78. The maximum atomic E-state index is 6.16. The topological polar surface area (TPSA) is 54.6 Å². The van der Waals surface area contributed by atoms with Gasteiger partial charge in [-0.2, -0.15) is 0 Å². The van der Waals surface area contributed by atoms with Gasteiger partial charge in [-0.1, -0.05) is 277 Å². The molecular weight excluding hydrogens is 1220 g/mol. The van der Waals surface area contributed by atoms with Crippen molar-refractivity contribution in [1.29, 1.82) is 0 Å². The molecule has 10 aliphatic carbocycles. The molecule has 0 aromatic carbocycles. The van der Waals surface area contributed by atoms with E-state index in [0.717, 1.165) is 110 Å². The van der Waals surface area contributed by atoms with Crippen LogP contribution in [0.1, 0.15) is 393 Å². The first-order chi connectivity index (χ1) is 45.9. The highest BCUT2D eigenvalue weighted by Crippen LogP contribution is 2.35. The first-order valence-electron chi connectivity index (χ1n) is 43.1. The lowest BCUT2D eigenvalue weighted by Crippen LogP contribution is -2.32. The van der Waals surface area contributed by atoms with Gasteiger partial charge in [-0.15, -0.1) is 34.8 Å². The maximum absolute atomic E-state index is 6.16. The number of hydrogen-bond donors (Lipinski definition) is 4. The second-order valence-electron chi connectivity index (χ2n) is 32.9. The third-order valence-electron chi connectivity index (χ3n) is 24.4. The van der Waals surface area contributed by atoms with Gasteiger partial charge in [0.05, 0.1) is 0 Å². The van der Waals surface area contributed by atoms with E-state index in [0.29, 0.717) is 28.2 Å². The molecule has 10 aliphatic rings. The Kier molecular flexibility index (Phi) is 61.2. The molecule has 14 atom stereocenters. The fourth-order valence-electron chi connectivity index (χ4n) is 17.9. The molecule has 0 aliphatic heterocycles. The fourth-order valence-corrected chi connectivity index (χ4v) is 19.0. The number of alkyl halides is 3. The van der Waals surface area contributed by atoms with Gasteiger partial charge in [0.15, 0.2) is 0 Å². The summed E-state index contributed by atoms with van der Waals surface area (Å²) in [7, 11) is 4.48. The highest BCUT2D eigenvalue weighted by atomic mass is 35.5. The van der Waals surface area contributed by atoms with Crippen molar-refractivity contribution >= 4 is 34.8 Å². The van der Waals surface area contributed by atoms with Crippen LogP contribution in [0, 0.1) is 53.3 Å². The van der Waals surface area contributed by atoms with Crippen molar-refractivity contribution < 1.29 is 0 Å². The summed E-state index contributed by atoms with van der Waals surface area (Å²) in [6.07, 6.45) is 63.5. The Labute approximate surface area is 613 Å². The quantitative estimate of drug-likeness (QED) is 0.0912. The monoisotopic (exact) mass is 1400 g/mol. The molecule has 570 valence electrons. The van der Waals surface area contributed by atoms with Crippen molar-refractivity contribution in [2.75, 3.05) is 53.4 Å². The summed E-state index contributed by atoms with van der Waals surface area (Å²) in [4.78, 5) is 4.95. The number of nitrogens with one attached hydrogen (secondary N) is 4. The Bertz CT molecular complexity index is 1510. The molecule has 0 aromatic heterocycles. The van der Waals surface area contributed by atoms with Crippen LogP contribution in [0.25, 0.3) is 0 Å². The molecule has 10 fully saturated rings. The molecule has 10 rings (SSSR count). The predicted octanol–water partition coefficient (Wildman–Crippen LogP) is 25.7. The van der Waals surface area contributed by atoms with Crippen molar-refractivity contribution in [2.24, 2.45) is 53.3 Å². The number of halogens is 3. The van der Waals surface area contributed by atoms with Crippen LogP contribution in [-0.4, -0.2) is 116 Å². The molecule has 10 saturated carbocycles. The smallest absolute Gasteiger partial charge is 0.0489 e. The minimum atomic E-state index is 0.393. The number of nitrogens with zero attached hydrogens (tertiary/aromatic N) is 2. The van der Waals surface area contributed by atoms with Crippen molar-refractivity contribution in [1.82, 2.24) is 31.1 Å². The van der Waals surface area contributed by atoms with E-state index in [9.17, 15) is 0 Å². The van der Waals surface area contributed by atoms with Crippen molar-refractivity contribution in [2.45, 2.75) is 445 Å². The minimum Gasteiger partial charge on any atom is -0.314 e. The van der Waals surface area contributed by atoms with Gasteiger partial charge in [-0.3, -0.25) is 0 Å². The SMILES string of the molecule is CCCC1CCC(C)CC1.CCCC1CCCC(C)C1.CCCC1CCCCC1C.CCCC1CCCCC1Cl.CCN(C)C1CCCC1.CCN(C)C1CCCCC1.CCNC1CCC(C)C1.CCNC1CCC(Cl)C1.CCNC1CCCC1C.CCNC1CCCC1Cl. The Morgan fingerprint density at radius 1 is 0.305 bits per heavy atom. The second kappa shape index (κ2) is 62.0. The van der Waals surface area contributed by atoms with Gasteiger partial charge in [0, 0.05) is 52.4 Å². The van der Waals surface area contributed by atoms with E-state index in [-0.39, 0.29) is 0 Å². The number of rotatable bonds is 20. The zero-order chi connectivity index (χ0) is 70.4. The van der Waals surface area contributed by atoms with Gasteiger partial charge in [0.2, 0.25) is 0 Å². The van der Waals surface area contributed by atoms with Crippen LogP contribution in [0.15, 0.2) is 0 Å². The molecule has 6 nitrogen and oxygen atoms in total. The van der Waals surface area contributed by atoms with E-state index in [1.807, 2.05) is 0 Å². The molecule has 95 heavy (non-hydrogen) atoms. The normalized spacial score (nSPS) is 32.1. The van der Waals surface area contributed by atoms with Crippen LogP contribution < -0.4 is 21.3 Å². The second-order valence-corrected chi connectivity index (χ2v) is 34.6. The summed E-state index contributed by atoms with van der Waals surface area (Å²) < 4.78 is 0. The van der Waals surface area contributed by atoms with Crippen LogP contribution in [0.3, 0.4) is 0 Å². The van der Waals surface area contributed by atoms with E-state index in [1.54, 1.807) is 0 Å². The Hall–Kier alpha value is 0.630. The predicted molar refractivity (Wildman–Crippen MR) is 433 cm³/mol. The van der Waals surface area contributed by atoms with Gasteiger partial charge < -0.3 is 31.1 Å². The maximum Gasteiger partial charge on any atom is 0.0489 e. The van der Waals surface area contributed by atoms with Crippen LogP contribution in [0.5, 0.6) is 0 Å². The first-order valence-corrected chi connectivity index (χ1v) is 44.4. The van der Waals surface area contributed by atoms with Crippen LogP contribution in [0.4, 0.5) is 0 Å². The van der Waals surface area contributed by atoms with Gasteiger partial charge in [-0.25, -0.2) is 0 Å². The summed E-state index contributed by atoms with van der Waals surface area (Å²) in [5, 5.41) is 15.0. The Balaban J connectivity index is 0.000000528. The molecular formula is C86H175Cl3N6. The van der Waals surface area contributed by atoms with E-state index in [4.69, 9.17) is 34.8 Å². The molecule has 0 saturated heterocycles. The summed E-state index contributed by atoms with van der Waals surface area (Å²) >= 11 is 18.1. The third kappa shape index (κ3) is 46.9. The standard InChI is InChI=1S/3C10H20.C9H17Cl.C9H19N.3C8H17N.2C7H14ClN/c1-3-6-10-8-5-4-7-9(10)2;1-3-5-10-7-4-6-9(2)8-10;1-3-4-10-7-5-9(2)6-8-10;1-2-5-8-6-3-4-7-9(8)10;1-3-10(2)9-7-5-4-6-8-9;1-3-9-8-5-4-7(2)6-8;1-3-9(2)8-6-4-5-7-8;1-3-9-8-6-4-5-7(8)2;1-2-9-7-4-3-6(8)5-7;1-2-9-7-5-3-4-6(7)8/h3*9-10H,3-8H2,1-2H3;8-9H,2-7H2,1H3;9H,3-8H2,1-2H3;7-9H,3-6H2,1-2H3;8H,3-7H2,1-2H3;7-9H,3-6H2,1-2H3;2*6-7,9H,2-5H2,1H3.